The van der Waals surface area contributed by atoms with Gasteiger partial charge in [0.2, 0.25) is 5.91 Å². The average Bonchev–Trinajstić information content (AvgIpc) is 2.75. The molecule has 0 radical (unpaired) electrons. The van der Waals surface area contributed by atoms with Gasteiger partial charge in [-0.2, -0.15) is 0 Å². The molecule has 1 aromatic heterocycles. The van der Waals surface area contributed by atoms with Crippen LogP contribution in [0.15, 0.2) is 82.7 Å². The van der Waals surface area contributed by atoms with Gasteiger partial charge in [-0.05, 0) is 49.2 Å². The molecule has 6 heteroatoms. The number of para-hydroxylation sites is 3. The number of carbonyl (C=O) groups excluding carboxylic acids is 1. The van der Waals surface area contributed by atoms with Crippen LogP contribution < -0.4 is 10.9 Å². The van der Waals surface area contributed by atoms with E-state index in [0.717, 1.165) is 22.5 Å². The number of nitrogens with zero attached hydrogens (tertiary/aromatic N) is 2. The lowest BCUT2D eigenvalue weighted by Gasteiger charge is -2.15. The SMILES string of the molecule is Cc1ccccc1NC(=O)CSc1nc2ccccc2c(=O)n1-c1ccccc1C. The summed E-state index contributed by atoms with van der Waals surface area (Å²) in [4.78, 5) is 30.5. The van der Waals surface area contributed by atoms with Gasteiger partial charge in [0.1, 0.15) is 0 Å². The second-order valence-electron chi connectivity index (χ2n) is 6.99. The predicted octanol–water partition coefficient (Wildman–Crippen LogP) is 4.73. The number of anilines is 1. The largest absolute Gasteiger partial charge is 0.325 e. The maximum absolute atomic E-state index is 13.3. The van der Waals surface area contributed by atoms with Gasteiger partial charge < -0.3 is 5.32 Å². The number of carbonyl (C=O) groups is 1. The molecule has 0 aliphatic rings. The maximum atomic E-state index is 13.3. The Morgan fingerprint density at radius 2 is 1.60 bits per heavy atom. The predicted molar refractivity (Wildman–Crippen MR) is 123 cm³/mol. The van der Waals surface area contributed by atoms with Crippen molar-refractivity contribution in [3.63, 3.8) is 0 Å². The Balaban J connectivity index is 1.70. The van der Waals surface area contributed by atoms with Crippen molar-refractivity contribution < 1.29 is 4.79 Å². The number of thioether (sulfide) groups is 1. The molecule has 1 heterocycles. The molecule has 0 unspecified atom stereocenters. The first-order valence-corrected chi connectivity index (χ1v) is 10.6. The topological polar surface area (TPSA) is 64.0 Å². The summed E-state index contributed by atoms with van der Waals surface area (Å²) in [6.45, 7) is 3.90. The molecular weight excluding hydrogens is 394 g/mol. The first-order chi connectivity index (χ1) is 14.5. The van der Waals surface area contributed by atoms with Crippen molar-refractivity contribution in [3.8, 4) is 5.69 Å². The molecule has 1 amide bonds. The minimum Gasteiger partial charge on any atom is -0.325 e. The molecular formula is C24H21N3O2S. The van der Waals surface area contributed by atoms with Gasteiger partial charge in [0.25, 0.3) is 5.56 Å². The number of hydrogen-bond donors (Lipinski definition) is 1. The van der Waals surface area contributed by atoms with E-state index in [9.17, 15) is 9.59 Å². The molecule has 0 fully saturated rings. The van der Waals surface area contributed by atoms with Gasteiger partial charge in [0.15, 0.2) is 5.16 Å². The standard InChI is InChI=1S/C24H21N3O2S/c1-16-9-3-6-12-19(16)25-22(28)15-30-24-26-20-13-7-5-11-18(20)23(29)27(24)21-14-8-4-10-17(21)2/h3-14H,15H2,1-2H3,(H,25,28). The van der Waals surface area contributed by atoms with Crippen LogP contribution in [-0.4, -0.2) is 21.2 Å². The fraction of sp³-hybridized carbons (Fsp3) is 0.125. The van der Waals surface area contributed by atoms with Gasteiger partial charge in [-0.3, -0.25) is 14.2 Å². The Morgan fingerprint density at radius 3 is 2.37 bits per heavy atom. The minimum absolute atomic E-state index is 0.142. The molecule has 0 bridgehead atoms. The lowest BCUT2D eigenvalue weighted by molar-refractivity contribution is -0.113. The summed E-state index contributed by atoms with van der Waals surface area (Å²) in [7, 11) is 0. The number of nitrogens with one attached hydrogen (secondary N) is 1. The summed E-state index contributed by atoms with van der Waals surface area (Å²) in [6, 6.07) is 22.6. The number of aryl methyl sites for hydroxylation is 2. The zero-order valence-electron chi connectivity index (χ0n) is 16.8. The van der Waals surface area contributed by atoms with Crippen LogP contribution in [0.2, 0.25) is 0 Å². The Kier molecular flexibility index (Phi) is 5.68. The highest BCUT2D eigenvalue weighted by Crippen LogP contribution is 2.23. The van der Waals surface area contributed by atoms with Crippen LogP contribution in [0.25, 0.3) is 16.6 Å². The van der Waals surface area contributed by atoms with E-state index in [1.807, 2.05) is 80.6 Å². The average molecular weight is 416 g/mol. The van der Waals surface area contributed by atoms with E-state index in [4.69, 9.17) is 4.98 Å². The smallest absolute Gasteiger partial charge is 0.266 e. The van der Waals surface area contributed by atoms with Gasteiger partial charge in [0.05, 0.1) is 22.3 Å². The molecule has 0 spiro atoms. The second-order valence-corrected chi connectivity index (χ2v) is 7.93. The Hall–Kier alpha value is -3.38. The highest BCUT2D eigenvalue weighted by molar-refractivity contribution is 7.99. The number of amides is 1. The van der Waals surface area contributed by atoms with Crippen molar-refractivity contribution in [2.24, 2.45) is 0 Å². The normalized spacial score (nSPS) is 10.9. The molecule has 150 valence electrons. The molecule has 0 saturated heterocycles. The van der Waals surface area contributed by atoms with E-state index in [-0.39, 0.29) is 17.2 Å². The molecule has 0 saturated carbocycles. The number of hydrogen-bond acceptors (Lipinski definition) is 4. The van der Waals surface area contributed by atoms with Gasteiger partial charge >= 0.3 is 0 Å². The molecule has 1 N–H and O–H groups in total. The highest BCUT2D eigenvalue weighted by atomic mass is 32.2. The number of fused-ring (bicyclic) bond motifs is 1. The summed E-state index contributed by atoms with van der Waals surface area (Å²) in [5.41, 5.74) is 3.98. The summed E-state index contributed by atoms with van der Waals surface area (Å²) in [5, 5.41) is 3.97. The quantitative estimate of drug-likeness (QED) is 0.378. The molecule has 30 heavy (non-hydrogen) atoms. The maximum Gasteiger partial charge on any atom is 0.266 e. The van der Waals surface area contributed by atoms with E-state index in [1.54, 1.807) is 10.6 Å². The summed E-state index contributed by atoms with van der Waals surface area (Å²) in [5.74, 6) is -0.00149. The van der Waals surface area contributed by atoms with Crippen molar-refractivity contribution in [1.29, 1.82) is 0 Å². The van der Waals surface area contributed by atoms with Crippen LogP contribution in [0.4, 0.5) is 5.69 Å². The second kappa shape index (κ2) is 8.55. The number of benzene rings is 3. The molecule has 4 rings (SSSR count). The number of aromatic nitrogens is 2. The molecule has 3 aromatic carbocycles. The minimum atomic E-state index is -0.145. The van der Waals surface area contributed by atoms with E-state index in [1.165, 1.54) is 11.8 Å². The van der Waals surface area contributed by atoms with Gasteiger partial charge in [0, 0.05) is 5.69 Å². The van der Waals surface area contributed by atoms with E-state index in [2.05, 4.69) is 5.32 Å². The van der Waals surface area contributed by atoms with Crippen LogP contribution in [0.5, 0.6) is 0 Å². The van der Waals surface area contributed by atoms with Crippen molar-refractivity contribution in [2.45, 2.75) is 19.0 Å². The third-order valence-corrected chi connectivity index (χ3v) is 5.79. The molecule has 0 aliphatic heterocycles. The van der Waals surface area contributed by atoms with Crippen molar-refractivity contribution in [3.05, 3.63) is 94.3 Å². The molecule has 5 nitrogen and oxygen atoms in total. The fourth-order valence-corrected chi connectivity index (χ4v) is 4.07. The lowest BCUT2D eigenvalue weighted by Crippen LogP contribution is -2.23. The molecule has 4 aromatic rings. The highest BCUT2D eigenvalue weighted by Gasteiger charge is 2.16. The first-order valence-electron chi connectivity index (χ1n) is 9.60. The van der Waals surface area contributed by atoms with Crippen LogP contribution in [0.1, 0.15) is 11.1 Å². The third kappa shape index (κ3) is 4.00. The number of rotatable bonds is 5. The summed E-state index contributed by atoms with van der Waals surface area (Å²) < 4.78 is 1.60. The third-order valence-electron chi connectivity index (χ3n) is 4.85. The summed E-state index contributed by atoms with van der Waals surface area (Å²) in [6.07, 6.45) is 0. The zero-order valence-corrected chi connectivity index (χ0v) is 17.6. The van der Waals surface area contributed by atoms with Crippen molar-refractivity contribution >= 4 is 34.3 Å². The van der Waals surface area contributed by atoms with Crippen LogP contribution >= 0.6 is 11.8 Å². The van der Waals surface area contributed by atoms with Gasteiger partial charge in [-0.15, -0.1) is 0 Å². The Bertz CT molecular complexity index is 1300. The molecule has 0 aliphatic carbocycles. The van der Waals surface area contributed by atoms with Crippen molar-refractivity contribution in [2.75, 3.05) is 11.1 Å². The van der Waals surface area contributed by atoms with Crippen LogP contribution in [-0.2, 0) is 4.79 Å². The molecule has 0 atom stereocenters. The van der Waals surface area contributed by atoms with Gasteiger partial charge in [-0.1, -0.05) is 60.3 Å². The van der Waals surface area contributed by atoms with E-state index >= 15 is 0 Å². The Morgan fingerprint density at radius 1 is 0.933 bits per heavy atom. The summed E-state index contributed by atoms with van der Waals surface area (Å²) >= 11 is 1.25. The fourth-order valence-electron chi connectivity index (χ4n) is 3.27. The van der Waals surface area contributed by atoms with Crippen molar-refractivity contribution in [1.82, 2.24) is 9.55 Å². The lowest BCUT2D eigenvalue weighted by atomic mass is 10.2. The van der Waals surface area contributed by atoms with Crippen LogP contribution in [0, 0.1) is 13.8 Å². The van der Waals surface area contributed by atoms with Crippen LogP contribution in [0.3, 0.4) is 0 Å². The van der Waals surface area contributed by atoms with E-state index < -0.39 is 0 Å². The van der Waals surface area contributed by atoms with E-state index in [0.29, 0.717) is 16.1 Å². The Labute approximate surface area is 178 Å². The zero-order chi connectivity index (χ0) is 21.1. The monoisotopic (exact) mass is 415 g/mol. The first kappa shape index (κ1) is 19.9. The van der Waals surface area contributed by atoms with Gasteiger partial charge in [-0.25, -0.2) is 4.98 Å².